The van der Waals surface area contributed by atoms with Crippen LogP contribution < -0.4 is 0 Å². The van der Waals surface area contributed by atoms with Crippen molar-refractivity contribution in [3.8, 4) is 0 Å². The zero-order valence-corrected chi connectivity index (χ0v) is 19.9. The third-order valence-corrected chi connectivity index (χ3v) is 11.0. The molecule has 0 aromatic carbocycles. The SMILES string of the molecule is CC(C)(C)OC(=O)N1C[C@@H](O[Si](C)(C)C(C)(C)C)C[C@H]1C(=O)N1CCSC1. The highest BCUT2D eigenvalue weighted by atomic mass is 32.2. The third kappa shape index (κ3) is 5.64. The Hall–Kier alpha value is -0.733. The quantitative estimate of drug-likeness (QED) is 0.653. The van der Waals surface area contributed by atoms with Gasteiger partial charge in [0, 0.05) is 25.3 Å². The molecule has 2 rings (SSSR count). The minimum atomic E-state index is -1.98. The van der Waals surface area contributed by atoms with Crippen LogP contribution in [0.1, 0.15) is 48.0 Å². The lowest BCUT2D eigenvalue weighted by Crippen LogP contribution is -2.48. The smallest absolute Gasteiger partial charge is 0.411 e. The third-order valence-electron chi connectivity index (χ3n) is 5.51. The number of nitrogens with zero attached hydrogens (tertiary/aromatic N) is 2. The average Bonchev–Trinajstić information content (AvgIpc) is 3.12. The standard InChI is InChI=1S/C19H36N2O4SSi/c1-18(2,3)24-17(23)21-12-14(25-27(7,8)19(4,5)6)11-15(21)16(22)20-9-10-26-13-20/h14-15H,9-13H2,1-8H3/t14-,15-/m0/s1. The lowest BCUT2D eigenvalue weighted by Gasteiger charge is -2.38. The maximum Gasteiger partial charge on any atom is 0.411 e. The van der Waals surface area contributed by atoms with Crippen molar-refractivity contribution in [1.82, 2.24) is 9.80 Å². The molecule has 0 aliphatic carbocycles. The maximum atomic E-state index is 13.1. The van der Waals surface area contributed by atoms with Crippen molar-refractivity contribution in [2.24, 2.45) is 0 Å². The summed E-state index contributed by atoms with van der Waals surface area (Å²) in [5, 5.41) is 0.0808. The van der Waals surface area contributed by atoms with Gasteiger partial charge in [0.1, 0.15) is 11.6 Å². The van der Waals surface area contributed by atoms with Crippen LogP contribution in [0.3, 0.4) is 0 Å². The van der Waals surface area contributed by atoms with Crippen molar-refractivity contribution in [2.45, 2.75) is 83.8 Å². The molecule has 2 aliphatic heterocycles. The van der Waals surface area contributed by atoms with Gasteiger partial charge in [0.05, 0.1) is 12.0 Å². The molecular formula is C19H36N2O4SSi. The molecule has 0 bridgehead atoms. The summed E-state index contributed by atoms with van der Waals surface area (Å²) in [6, 6.07) is -0.492. The average molecular weight is 417 g/mol. The van der Waals surface area contributed by atoms with E-state index in [1.807, 2.05) is 25.7 Å². The van der Waals surface area contributed by atoms with Gasteiger partial charge in [0.25, 0.3) is 0 Å². The predicted octanol–water partition coefficient (Wildman–Crippen LogP) is 3.92. The molecule has 0 aromatic rings. The van der Waals surface area contributed by atoms with Crippen molar-refractivity contribution in [1.29, 1.82) is 0 Å². The lowest BCUT2D eigenvalue weighted by atomic mass is 10.1. The fourth-order valence-electron chi connectivity index (χ4n) is 3.03. The summed E-state index contributed by atoms with van der Waals surface area (Å²) in [7, 11) is -1.98. The second-order valence-corrected chi connectivity index (χ2v) is 15.9. The summed E-state index contributed by atoms with van der Waals surface area (Å²) in [4.78, 5) is 29.3. The Balaban J connectivity index is 2.17. The highest BCUT2D eigenvalue weighted by molar-refractivity contribution is 7.99. The summed E-state index contributed by atoms with van der Waals surface area (Å²) in [6.45, 7) is 17.7. The van der Waals surface area contributed by atoms with Gasteiger partial charge in [0.2, 0.25) is 5.91 Å². The Morgan fingerprint density at radius 3 is 2.22 bits per heavy atom. The fraction of sp³-hybridized carbons (Fsp3) is 0.895. The first kappa shape index (κ1) is 22.6. The largest absolute Gasteiger partial charge is 0.444 e. The number of hydrogen-bond acceptors (Lipinski definition) is 5. The number of ether oxygens (including phenoxy) is 1. The van der Waals surface area contributed by atoms with Gasteiger partial charge in [-0.05, 0) is 38.9 Å². The van der Waals surface area contributed by atoms with Gasteiger partial charge in [-0.15, -0.1) is 11.8 Å². The molecule has 2 aliphatic rings. The predicted molar refractivity (Wildman–Crippen MR) is 112 cm³/mol. The Morgan fingerprint density at radius 1 is 1.11 bits per heavy atom. The Kier molecular flexibility index (Phi) is 6.64. The number of carbonyl (C=O) groups excluding carboxylic acids is 2. The molecule has 2 fully saturated rings. The van der Waals surface area contributed by atoms with E-state index in [1.165, 1.54) is 0 Å². The molecule has 8 heteroatoms. The molecule has 0 aromatic heterocycles. The highest BCUT2D eigenvalue weighted by Crippen LogP contribution is 2.39. The monoisotopic (exact) mass is 416 g/mol. The molecule has 2 saturated heterocycles. The lowest BCUT2D eigenvalue weighted by molar-refractivity contribution is -0.134. The van der Waals surface area contributed by atoms with Gasteiger partial charge in [-0.25, -0.2) is 4.79 Å². The Bertz CT molecular complexity index is 565. The summed E-state index contributed by atoms with van der Waals surface area (Å²) in [5.41, 5.74) is -0.591. The van der Waals surface area contributed by atoms with Gasteiger partial charge in [0.15, 0.2) is 8.32 Å². The van der Waals surface area contributed by atoms with Crippen molar-refractivity contribution in [3.05, 3.63) is 0 Å². The number of carbonyl (C=O) groups is 2. The van der Waals surface area contributed by atoms with E-state index in [4.69, 9.17) is 9.16 Å². The van der Waals surface area contributed by atoms with Gasteiger partial charge >= 0.3 is 6.09 Å². The van der Waals surface area contributed by atoms with Gasteiger partial charge in [-0.1, -0.05) is 20.8 Å². The van der Waals surface area contributed by atoms with Crippen LogP contribution in [-0.4, -0.2) is 72.6 Å². The Morgan fingerprint density at radius 2 is 1.74 bits per heavy atom. The van der Waals surface area contributed by atoms with Crippen LogP contribution in [0.25, 0.3) is 0 Å². The number of likely N-dealkylation sites (tertiary alicyclic amines) is 1. The van der Waals surface area contributed by atoms with Gasteiger partial charge in [-0.2, -0.15) is 0 Å². The van der Waals surface area contributed by atoms with Crippen LogP contribution >= 0.6 is 11.8 Å². The molecule has 2 amide bonds. The second kappa shape index (κ2) is 7.95. The summed E-state index contributed by atoms with van der Waals surface area (Å²) >= 11 is 1.75. The van der Waals surface area contributed by atoms with E-state index in [2.05, 4.69) is 33.9 Å². The normalized spacial score (nSPS) is 24.4. The van der Waals surface area contributed by atoms with E-state index in [1.54, 1.807) is 16.7 Å². The van der Waals surface area contributed by atoms with E-state index in [0.29, 0.717) is 18.8 Å². The molecule has 27 heavy (non-hydrogen) atoms. The fourth-order valence-corrected chi connectivity index (χ4v) is 5.34. The molecule has 0 unspecified atom stereocenters. The molecule has 0 spiro atoms. The van der Waals surface area contributed by atoms with Crippen LogP contribution in [-0.2, 0) is 14.0 Å². The molecule has 0 N–H and O–H groups in total. The van der Waals surface area contributed by atoms with Gasteiger partial charge < -0.3 is 14.1 Å². The topological polar surface area (TPSA) is 59.1 Å². The van der Waals surface area contributed by atoms with Crippen LogP contribution in [0.2, 0.25) is 18.1 Å². The molecule has 156 valence electrons. The van der Waals surface area contributed by atoms with Crippen molar-refractivity contribution < 1.29 is 18.8 Å². The van der Waals surface area contributed by atoms with Crippen LogP contribution in [0.15, 0.2) is 0 Å². The van der Waals surface area contributed by atoms with E-state index in [-0.39, 0.29) is 17.0 Å². The van der Waals surface area contributed by atoms with Crippen molar-refractivity contribution in [3.63, 3.8) is 0 Å². The van der Waals surface area contributed by atoms with Crippen molar-refractivity contribution in [2.75, 3.05) is 24.7 Å². The van der Waals surface area contributed by atoms with E-state index in [0.717, 1.165) is 12.3 Å². The zero-order chi connectivity index (χ0) is 20.6. The first-order chi connectivity index (χ1) is 12.2. The van der Waals surface area contributed by atoms with E-state index < -0.39 is 26.1 Å². The Labute approximate surface area is 169 Å². The zero-order valence-electron chi connectivity index (χ0n) is 18.1. The summed E-state index contributed by atoms with van der Waals surface area (Å²) in [6.07, 6.45) is 0.00260. The molecule has 2 heterocycles. The minimum Gasteiger partial charge on any atom is -0.444 e. The molecular weight excluding hydrogens is 380 g/mol. The number of rotatable bonds is 3. The van der Waals surface area contributed by atoms with E-state index in [9.17, 15) is 9.59 Å². The van der Waals surface area contributed by atoms with E-state index >= 15 is 0 Å². The molecule has 0 saturated carbocycles. The van der Waals surface area contributed by atoms with Crippen LogP contribution in [0.5, 0.6) is 0 Å². The van der Waals surface area contributed by atoms with Crippen LogP contribution in [0, 0.1) is 0 Å². The first-order valence-corrected chi connectivity index (χ1v) is 13.8. The maximum absolute atomic E-state index is 13.1. The minimum absolute atomic E-state index is 0.0205. The molecule has 0 radical (unpaired) electrons. The molecule has 2 atom stereocenters. The van der Waals surface area contributed by atoms with Crippen molar-refractivity contribution >= 4 is 32.1 Å². The molecule has 6 nitrogen and oxygen atoms in total. The number of thioether (sulfide) groups is 1. The second-order valence-electron chi connectivity index (χ2n) is 10.0. The highest BCUT2D eigenvalue weighted by Gasteiger charge is 2.47. The summed E-state index contributed by atoms with van der Waals surface area (Å²) < 4.78 is 12.1. The number of amides is 2. The number of hydrogen-bond donors (Lipinski definition) is 0. The van der Waals surface area contributed by atoms with Crippen LogP contribution in [0.4, 0.5) is 4.79 Å². The van der Waals surface area contributed by atoms with Gasteiger partial charge in [-0.3, -0.25) is 9.69 Å². The first-order valence-electron chi connectivity index (χ1n) is 9.75. The summed E-state index contributed by atoms with van der Waals surface area (Å²) in [5.74, 6) is 1.67.